The summed E-state index contributed by atoms with van der Waals surface area (Å²) in [7, 11) is 0. The van der Waals surface area contributed by atoms with E-state index >= 15 is 0 Å². The molecular formula is C15H22O2. The Bertz CT molecular complexity index is 310. The smallest absolute Gasteiger partial charge is 0.0834 e. The zero-order valence-electron chi connectivity index (χ0n) is 10.3. The van der Waals surface area contributed by atoms with E-state index < -0.39 is 0 Å². The summed E-state index contributed by atoms with van der Waals surface area (Å²) in [5.74, 6) is 0. The number of aliphatic hydroxyl groups excluding tert-OH is 1. The van der Waals surface area contributed by atoms with E-state index in [9.17, 15) is 5.11 Å². The topological polar surface area (TPSA) is 29.5 Å². The highest BCUT2D eigenvalue weighted by molar-refractivity contribution is 5.14. The van der Waals surface area contributed by atoms with Gasteiger partial charge < -0.3 is 9.84 Å². The maximum atomic E-state index is 9.92. The Kier molecular flexibility index (Phi) is 5.02. The third-order valence-electron chi connectivity index (χ3n) is 3.48. The van der Waals surface area contributed by atoms with Crippen LogP contribution in [0.3, 0.4) is 0 Å². The van der Waals surface area contributed by atoms with Crippen molar-refractivity contribution in [3.8, 4) is 0 Å². The van der Waals surface area contributed by atoms with Crippen LogP contribution in [-0.2, 0) is 11.2 Å². The molecular weight excluding hydrogens is 212 g/mol. The van der Waals surface area contributed by atoms with Crippen molar-refractivity contribution in [1.82, 2.24) is 0 Å². The number of aliphatic hydroxyl groups is 1. The highest BCUT2D eigenvalue weighted by Crippen LogP contribution is 2.20. The lowest BCUT2D eigenvalue weighted by Crippen LogP contribution is -2.28. The Morgan fingerprint density at radius 3 is 2.65 bits per heavy atom. The Labute approximate surface area is 104 Å². The normalized spacial score (nSPS) is 25.5. The van der Waals surface area contributed by atoms with E-state index in [0.717, 1.165) is 25.7 Å². The average Bonchev–Trinajstić information content (AvgIpc) is 2.56. The fourth-order valence-corrected chi connectivity index (χ4v) is 2.42. The van der Waals surface area contributed by atoms with Crippen molar-refractivity contribution in [1.29, 1.82) is 0 Å². The van der Waals surface area contributed by atoms with Crippen molar-refractivity contribution in [2.75, 3.05) is 6.61 Å². The van der Waals surface area contributed by atoms with E-state index in [1.807, 2.05) is 6.07 Å². The van der Waals surface area contributed by atoms with Crippen molar-refractivity contribution in [2.24, 2.45) is 0 Å². The van der Waals surface area contributed by atoms with E-state index in [1.54, 1.807) is 0 Å². The molecule has 17 heavy (non-hydrogen) atoms. The minimum atomic E-state index is -0.256. The molecule has 0 aliphatic heterocycles. The first-order chi connectivity index (χ1) is 8.36. The number of hydrogen-bond acceptors (Lipinski definition) is 2. The van der Waals surface area contributed by atoms with Crippen LogP contribution in [0.15, 0.2) is 30.3 Å². The zero-order valence-corrected chi connectivity index (χ0v) is 10.3. The number of ether oxygens (including phenoxy) is 1. The molecule has 0 bridgehead atoms. The molecule has 1 fully saturated rings. The van der Waals surface area contributed by atoms with Crippen LogP contribution in [0, 0.1) is 0 Å². The van der Waals surface area contributed by atoms with Crippen LogP contribution in [0.5, 0.6) is 0 Å². The van der Waals surface area contributed by atoms with E-state index in [4.69, 9.17) is 4.74 Å². The fourth-order valence-electron chi connectivity index (χ4n) is 2.42. The standard InChI is InChI=1S/C15H22O2/c16-14-9-5-2-6-10-15(14)17-12-11-13-7-3-1-4-8-13/h1,3-4,7-8,14-16H,2,5-6,9-12H2/t14-,15-/m1/s1. The molecule has 0 saturated heterocycles. The van der Waals surface area contributed by atoms with Crippen molar-refractivity contribution in [2.45, 2.75) is 50.7 Å². The van der Waals surface area contributed by atoms with Crippen LogP contribution >= 0.6 is 0 Å². The van der Waals surface area contributed by atoms with Crippen molar-refractivity contribution >= 4 is 0 Å². The molecule has 0 heterocycles. The monoisotopic (exact) mass is 234 g/mol. The Hall–Kier alpha value is -0.860. The first-order valence-corrected chi connectivity index (χ1v) is 6.70. The first kappa shape index (κ1) is 12.6. The number of benzene rings is 1. The first-order valence-electron chi connectivity index (χ1n) is 6.70. The van der Waals surface area contributed by atoms with Crippen LogP contribution in [0.25, 0.3) is 0 Å². The molecule has 2 atom stereocenters. The molecule has 2 heteroatoms. The molecule has 0 radical (unpaired) electrons. The second-order valence-corrected chi connectivity index (χ2v) is 4.85. The Balaban J connectivity index is 1.73. The average molecular weight is 234 g/mol. The molecule has 0 aromatic heterocycles. The highest BCUT2D eigenvalue weighted by atomic mass is 16.5. The second-order valence-electron chi connectivity index (χ2n) is 4.85. The van der Waals surface area contributed by atoms with Gasteiger partial charge in [0, 0.05) is 0 Å². The van der Waals surface area contributed by atoms with Gasteiger partial charge >= 0.3 is 0 Å². The van der Waals surface area contributed by atoms with Gasteiger partial charge in [-0.25, -0.2) is 0 Å². The molecule has 0 spiro atoms. The molecule has 1 aromatic carbocycles. The van der Waals surface area contributed by atoms with Crippen LogP contribution in [-0.4, -0.2) is 23.9 Å². The van der Waals surface area contributed by atoms with Gasteiger partial charge in [-0.3, -0.25) is 0 Å². The maximum Gasteiger partial charge on any atom is 0.0834 e. The quantitative estimate of drug-likeness (QED) is 0.812. The fraction of sp³-hybridized carbons (Fsp3) is 0.600. The lowest BCUT2D eigenvalue weighted by molar-refractivity contribution is -0.0390. The van der Waals surface area contributed by atoms with Gasteiger partial charge in [0.15, 0.2) is 0 Å². The van der Waals surface area contributed by atoms with Crippen molar-refractivity contribution < 1.29 is 9.84 Å². The number of hydrogen-bond donors (Lipinski definition) is 1. The summed E-state index contributed by atoms with van der Waals surface area (Å²) < 4.78 is 5.83. The summed E-state index contributed by atoms with van der Waals surface area (Å²) in [6, 6.07) is 10.4. The molecule has 2 nitrogen and oxygen atoms in total. The second kappa shape index (κ2) is 6.77. The SMILES string of the molecule is O[C@@H]1CCCCC[C@H]1OCCc1ccccc1. The van der Waals surface area contributed by atoms with Crippen LogP contribution in [0.4, 0.5) is 0 Å². The minimum absolute atomic E-state index is 0.0567. The van der Waals surface area contributed by atoms with Gasteiger partial charge in [-0.2, -0.15) is 0 Å². The Morgan fingerprint density at radius 2 is 1.82 bits per heavy atom. The molecule has 1 aliphatic carbocycles. The van der Waals surface area contributed by atoms with Gasteiger partial charge in [0.25, 0.3) is 0 Å². The third-order valence-corrected chi connectivity index (χ3v) is 3.48. The van der Waals surface area contributed by atoms with E-state index in [2.05, 4.69) is 24.3 Å². The molecule has 2 rings (SSSR count). The predicted octanol–water partition coefficient (Wildman–Crippen LogP) is 2.94. The zero-order chi connectivity index (χ0) is 11.9. The molecule has 1 aliphatic rings. The van der Waals surface area contributed by atoms with Gasteiger partial charge in [-0.1, -0.05) is 49.6 Å². The van der Waals surface area contributed by atoms with Crippen LogP contribution in [0.1, 0.15) is 37.7 Å². The van der Waals surface area contributed by atoms with Gasteiger partial charge in [0.05, 0.1) is 18.8 Å². The molecule has 1 aromatic rings. The maximum absolute atomic E-state index is 9.92. The van der Waals surface area contributed by atoms with E-state index in [1.165, 1.54) is 18.4 Å². The summed E-state index contributed by atoms with van der Waals surface area (Å²) in [6.45, 7) is 0.714. The Morgan fingerprint density at radius 1 is 1.06 bits per heavy atom. The molecule has 1 N–H and O–H groups in total. The molecule has 94 valence electrons. The van der Waals surface area contributed by atoms with Crippen molar-refractivity contribution in [3.63, 3.8) is 0 Å². The van der Waals surface area contributed by atoms with E-state index in [-0.39, 0.29) is 12.2 Å². The summed E-state index contributed by atoms with van der Waals surface area (Å²) in [5, 5.41) is 9.92. The number of rotatable bonds is 4. The van der Waals surface area contributed by atoms with Gasteiger partial charge in [0.1, 0.15) is 0 Å². The van der Waals surface area contributed by atoms with Gasteiger partial charge in [0.2, 0.25) is 0 Å². The summed E-state index contributed by atoms with van der Waals surface area (Å²) in [6.07, 6.45) is 6.20. The summed E-state index contributed by atoms with van der Waals surface area (Å²) in [5.41, 5.74) is 1.30. The summed E-state index contributed by atoms with van der Waals surface area (Å²) >= 11 is 0. The van der Waals surface area contributed by atoms with E-state index in [0.29, 0.717) is 6.61 Å². The van der Waals surface area contributed by atoms with Crippen molar-refractivity contribution in [3.05, 3.63) is 35.9 Å². The molecule has 1 saturated carbocycles. The lowest BCUT2D eigenvalue weighted by Gasteiger charge is -2.20. The lowest BCUT2D eigenvalue weighted by atomic mass is 10.1. The van der Waals surface area contributed by atoms with Gasteiger partial charge in [-0.15, -0.1) is 0 Å². The van der Waals surface area contributed by atoms with Crippen LogP contribution in [0.2, 0.25) is 0 Å². The molecule has 0 unspecified atom stereocenters. The molecule has 0 amide bonds. The largest absolute Gasteiger partial charge is 0.390 e. The highest BCUT2D eigenvalue weighted by Gasteiger charge is 2.21. The third kappa shape index (κ3) is 4.14. The van der Waals surface area contributed by atoms with Gasteiger partial charge in [-0.05, 0) is 24.8 Å². The summed E-state index contributed by atoms with van der Waals surface area (Å²) in [4.78, 5) is 0. The minimum Gasteiger partial charge on any atom is -0.390 e. The van der Waals surface area contributed by atoms with Crippen LogP contribution < -0.4 is 0 Å². The predicted molar refractivity (Wildman–Crippen MR) is 69.0 cm³/mol.